The first kappa shape index (κ1) is 109. The largest absolute Gasteiger partial charge is 0.790 e. The topological polar surface area (TPSA) is 195 Å². The molecule has 5 unspecified atom stereocenters. The fourth-order valence-electron chi connectivity index (χ4n) is 7.24. The molecule has 2 radical (unpaired) electrons. The predicted molar refractivity (Wildman–Crippen MR) is 461 cm³/mol. The standard InChI is InChI=1S/C18H38O2S6.C17H22N2O4S.C12H12ClNO2S.2C6H14O2S2.C4H7O2.C3H6S.CH4.BH.Bi.U.2H/c1-15(21)11-25-17(3)13-23-9-7-19-5-6-20-8-10-24-14-18(4)26-12-16(2)22;1-4-17(20)23-12-11-18-24(21,22)16-10-6-7-13-14(16)8-5-9-15(13)19(2)3;1-14(2)11-7-3-6-10-9(11)5-4-8-12(10)17(13,15)16;2*9-5-3-7-1-2-8-4-6-10;1-3-6-4(2)5;1-3-2-4-3;;;;;;/h15-18,21-22H,5-14H2,1-4H3;5-10,18H,4,11-12H2,1-3H3;3-8H,1-2H3;2*9-10H,1-6H2;2-3H2,1H3;3H,2H2,1H3;1H4;1H;;;;/p-4/i;;;;;;;;1D;;;;. The molecule has 1 heterocycles. The molecule has 4 aromatic rings. The van der Waals surface area contributed by atoms with E-state index in [-0.39, 0.29) is 79.8 Å². The number of fused-ring (bicyclic) bond motifs is 2. The van der Waals surface area contributed by atoms with Gasteiger partial charge >= 0.3 is 63.8 Å². The zero-order chi connectivity index (χ0) is 76.0. The summed E-state index contributed by atoms with van der Waals surface area (Å²) in [5.74, 6) is 10.5. The van der Waals surface area contributed by atoms with Crippen LogP contribution >= 0.6 is 94.7 Å². The number of thiol groups is 2. The number of carbonyl (C=O) groups excluding carboxylic acids is 2. The summed E-state index contributed by atoms with van der Waals surface area (Å²) < 4.78 is 97.6. The van der Waals surface area contributed by atoms with Crippen LogP contribution in [0.2, 0.25) is 4.13 Å². The Morgan fingerprint density at radius 2 is 0.990 bits per heavy atom. The van der Waals surface area contributed by atoms with Crippen molar-refractivity contribution in [2.75, 3.05) is 200 Å². The van der Waals surface area contributed by atoms with Crippen LogP contribution in [0, 0.1) is 31.1 Å². The number of halogens is 1. The van der Waals surface area contributed by atoms with E-state index in [0.29, 0.717) is 120 Å². The molecule has 5 rings (SSSR count). The van der Waals surface area contributed by atoms with Gasteiger partial charge in [-0.25, -0.2) is 21.6 Å². The number of ether oxygens (including phenoxy) is 8. The number of thioether (sulfide) groups is 5. The molecular weight excluding hydrogens is 1980 g/mol. The number of nitrogens with zero attached hydrogens (tertiary/aromatic N) is 2. The van der Waals surface area contributed by atoms with Gasteiger partial charge in [-0.1, -0.05) is 97.5 Å². The van der Waals surface area contributed by atoms with Crippen molar-refractivity contribution in [2.24, 2.45) is 0 Å². The zero-order valence-electron chi connectivity index (χ0n) is 61.1. The zero-order valence-corrected chi connectivity index (χ0v) is 80.3. The Hall–Kier alpha value is 1.70. The number of rotatable bonds is 44. The normalized spacial score (nSPS) is 13.1. The van der Waals surface area contributed by atoms with E-state index in [2.05, 4.69) is 103 Å². The minimum Gasteiger partial charge on any atom is -0.790 e. The van der Waals surface area contributed by atoms with Crippen LogP contribution in [0.25, 0.3) is 21.5 Å². The summed E-state index contributed by atoms with van der Waals surface area (Å²) in [6.45, 7) is 23.4. The van der Waals surface area contributed by atoms with E-state index in [9.17, 15) is 26.4 Å². The quantitative estimate of drug-likeness (QED) is 0.00719. The van der Waals surface area contributed by atoms with E-state index in [1.165, 1.54) is 23.3 Å². The maximum Gasteiger partial charge on any atom is 0.261 e. The summed E-state index contributed by atoms with van der Waals surface area (Å²) in [5.41, 5.74) is 1.91. The Morgan fingerprint density at radius 1 is 0.624 bits per heavy atom. The van der Waals surface area contributed by atoms with Gasteiger partial charge in [0.1, 0.15) is 6.61 Å². The van der Waals surface area contributed by atoms with Crippen LogP contribution in [-0.4, -0.2) is 280 Å². The number of hydrogen-bond acceptors (Lipinski definition) is 27. The third-order valence-electron chi connectivity index (χ3n) is 11.9. The number of esters is 2. The molecule has 1 saturated heterocycles. The van der Waals surface area contributed by atoms with Crippen molar-refractivity contribution in [3.8, 4) is 0 Å². The molecule has 1 N–H and O–H groups in total. The van der Waals surface area contributed by atoms with Gasteiger partial charge in [0, 0.05) is 193 Å². The molecule has 1 fully saturated rings. The van der Waals surface area contributed by atoms with Gasteiger partial charge in [-0.15, -0.1) is 0 Å². The first-order valence-corrected chi connectivity index (χ1v) is 48.0. The monoisotopic (exact) mass is 2100 g/mol. The van der Waals surface area contributed by atoms with Crippen molar-refractivity contribution in [1.82, 2.24) is 4.72 Å². The van der Waals surface area contributed by atoms with Crippen molar-refractivity contribution in [3.63, 3.8) is 0 Å². The molecule has 4 aromatic carbocycles. The number of sulfonamides is 1. The Morgan fingerprint density at radius 3 is 1.32 bits per heavy atom. The van der Waals surface area contributed by atoms with Crippen molar-refractivity contribution < 1.29 is 95.4 Å². The van der Waals surface area contributed by atoms with Crippen LogP contribution in [-0.2, 0) is 117 Å². The number of anilines is 2. The first-order chi connectivity index (χ1) is 47.7. The molecule has 101 heavy (non-hydrogen) atoms. The van der Waals surface area contributed by atoms with E-state index >= 15 is 0 Å². The number of benzene rings is 4. The summed E-state index contributed by atoms with van der Waals surface area (Å²) in [4.78, 5) is 25.6. The molecule has 5 atom stereocenters. The molecular formula is C67H116BBiClN3O14S13U-4. The van der Waals surface area contributed by atoms with Gasteiger partial charge in [0.25, 0.3) is 9.05 Å². The Bertz CT molecular complexity index is 2810. The van der Waals surface area contributed by atoms with E-state index < -0.39 is 19.1 Å². The van der Waals surface area contributed by atoms with Gasteiger partial charge in [-0.2, -0.15) is 106 Å². The van der Waals surface area contributed by atoms with Gasteiger partial charge in [0.15, 0.2) is 0 Å². The second-order valence-corrected chi connectivity index (χ2v) is 37.1. The third-order valence-corrected chi connectivity index (χ3v) is 24.2. The van der Waals surface area contributed by atoms with E-state index in [1.807, 2.05) is 140 Å². The smallest absolute Gasteiger partial charge is 0.261 e. The summed E-state index contributed by atoms with van der Waals surface area (Å²) in [5, 5.41) is 6.13. The maximum atomic E-state index is 12.6. The molecule has 0 bridgehead atoms. The van der Waals surface area contributed by atoms with Crippen molar-refractivity contribution in [2.45, 2.75) is 102 Å². The minimum absolute atomic E-state index is 0. The average molecular weight is 2100 g/mol. The average Bonchev–Trinajstić information content (AvgIpc) is 0.844. The fraction of sp³-hybridized carbons (Fsp3) is 0.672. The Balaban J connectivity index is -0.000000379. The number of nitrogens with one attached hydrogen (secondary N) is 1. The van der Waals surface area contributed by atoms with Crippen LogP contribution in [0.4, 0.5) is 11.4 Å². The van der Waals surface area contributed by atoms with Crippen molar-refractivity contribution in [3.05, 3.63) is 72.8 Å². The van der Waals surface area contributed by atoms with Gasteiger partial charge in [-0.05, 0) is 37.1 Å². The second kappa shape index (κ2) is 73.2. The SMILES string of the molecule is C.CC([S-])CSC(C)CSCCOCCOCCSCC(C)SCC(C)[S-].CC1CS1.CCC(=O)OCCNS(=O)(=O)c1cccc2c(N(C)C)cccc12.CCOC(=O)[CH2][BiH2].CN(C)c1cccc2c(S(=O)(=O)Cl)cccc12.SCCOCCOCCS.[2H][B].[S-]CCOCCOCC[S-].[U]. The minimum atomic E-state index is -3.72. The number of hydrogen-bond donors (Lipinski definition) is 3. The van der Waals surface area contributed by atoms with Gasteiger partial charge in [0.05, 0.1) is 75.9 Å². The van der Waals surface area contributed by atoms with Crippen LogP contribution in [0.3, 0.4) is 0 Å². The third kappa shape index (κ3) is 63.0. The van der Waals surface area contributed by atoms with E-state index in [0.717, 1.165) is 99.8 Å². The van der Waals surface area contributed by atoms with Gasteiger partial charge < -0.3 is 93.5 Å². The van der Waals surface area contributed by atoms with Crippen LogP contribution in [0.1, 0.15) is 62.3 Å². The maximum absolute atomic E-state index is 12.6. The van der Waals surface area contributed by atoms with Gasteiger partial charge in [0.2, 0.25) is 10.0 Å². The molecule has 0 aliphatic carbocycles. The van der Waals surface area contributed by atoms with Crippen LogP contribution < -0.4 is 14.5 Å². The molecule has 1 aliphatic heterocycles. The molecule has 34 heteroatoms. The Labute approximate surface area is 711 Å². The van der Waals surface area contributed by atoms with Gasteiger partial charge in [-0.3, -0.25) is 4.79 Å². The summed E-state index contributed by atoms with van der Waals surface area (Å²) in [7, 11) is 9.42. The van der Waals surface area contributed by atoms with E-state index in [4.69, 9.17) is 70.4 Å². The summed E-state index contributed by atoms with van der Waals surface area (Å²) in [6.07, 6.45) is 0.267. The fourth-order valence-corrected chi connectivity index (χ4v) is 15.2. The second-order valence-electron chi connectivity index (χ2n) is 21.2. The van der Waals surface area contributed by atoms with Crippen LogP contribution in [0.15, 0.2) is 82.6 Å². The molecule has 0 saturated carbocycles. The summed E-state index contributed by atoms with van der Waals surface area (Å²) >= 11 is 38.3. The predicted octanol–water partition coefficient (Wildman–Crippen LogP) is 11.3. The Kier molecular flexibility index (Phi) is 79.0. The molecule has 584 valence electrons. The van der Waals surface area contributed by atoms with Crippen LogP contribution in [0.5, 0.6) is 0 Å². The molecule has 17 nitrogen and oxygen atoms in total. The summed E-state index contributed by atoms with van der Waals surface area (Å²) in [6, 6.07) is 21.4. The molecule has 0 amide bonds. The molecule has 1 aliphatic rings. The number of carbonyl (C=O) groups is 2. The molecule has 0 aromatic heterocycles. The van der Waals surface area contributed by atoms with E-state index in [1.54, 1.807) is 37.3 Å². The first-order valence-electron chi connectivity index (χ1n) is 32.8. The molecule has 0 spiro atoms. The van der Waals surface area contributed by atoms with Crippen molar-refractivity contribution in [1.29, 1.82) is 1.34 Å². The van der Waals surface area contributed by atoms with Crippen molar-refractivity contribution >= 4 is 242 Å².